The number of unbranched alkanes of at least 4 members (excludes halogenated alkanes) is 4. The Kier molecular flexibility index (Phi) is 21.3. The van der Waals surface area contributed by atoms with E-state index in [-0.39, 0.29) is 13.0 Å². The lowest BCUT2D eigenvalue weighted by Crippen LogP contribution is -2.32. The summed E-state index contributed by atoms with van der Waals surface area (Å²) in [7, 11) is -0.625. The van der Waals surface area contributed by atoms with E-state index in [2.05, 4.69) is 48.3 Å². The van der Waals surface area contributed by atoms with Crippen LogP contribution in [0.1, 0.15) is 111 Å². The minimum Gasteiger partial charge on any atom is -0.463 e. The molecule has 0 amide bonds. The van der Waals surface area contributed by atoms with Crippen LogP contribution < -0.4 is 0 Å². The molecule has 1 unspecified atom stereocenters. The van der Waals surface area contributed by atoms with Crippen LogP contribution in [0.4, 0.5) is 0 Å². The van der Waals surface area contributed by atoms with Crippen LogP contribution in [0.2, 0.25) is 0 Å². The topological polar surface area (TPSA) is 80.7 Å². The van der Waals surface area contributed by atoms with E-state index < -0.39 is 21.8 Å². The fourth-order valence-electron chi connectivity index (χ4n) is 3.64. The molecular formula is C24H49O5PS. The van der Waals surface area contributed by atoms with E-state index in [9.17, 15) is 13.2 Å². The number of hydrogen-bond acceptors (Lipinski definition) is 4. The van der Waals surface area contributed by atoms with Gasteiger partial charge in [-0.2, -0.15) is 8.42 Å². The predicted octanol–water partition coefficient (Wildman–Crippen LogP) is 6.97. The van der Waals surface area contributed by atoms with Gasteiger partial charge < -0.3 is 4.74 Å². The Labute approximate surface area is 195 Å². The molecule has 0 aromatic carbocycles. The van der Waals surface area contributed by atoms with Gasteiger partial charge in [-0.15, -0.1) is 9.24 Å². The maximum Gasteiger partial charge on any atom is 0.330 e. The van der Waals surface area contributed by atoms with E-state index in [0.717, 1.165) is 12.0 Å². The molecule has 7 heteroatoms. The first kappa shape index (κ1) is 32.7. The standard InChI is InChI=1S/C18H39P.C6H10O5S/c1-5-9-13-17(14-10-6-2)18(19,15-11-7-3)16-12-8-4;1-2-6(7)11-4-3-5-12(8,9)10/h17H,5-16,19H2,1-4H3;2H,1,3-5H2,(H,8,9,10). The highest BCUT2D eigenvalue weighted by atomic mass is 32.2. The largest absolute Gasteiger partial charge is 0.463 e. The van der Waals surface area contributed by atoms with Gasteiger partial charge in [0, 0.05) is 6.08 Å². The summed E-state index contributed by atoms with van der Waals surface area (Å²) in [6.07, 6.45) is 17.9. The van der Waals surface area contributed by atoms with Gasteiger partial charge in [0.2, 0.25) is 0 Å². The molecular weight excluding hydrogens is 431 g/mol. The van der Waals surface area contributed by atoms with Gasteiger partial charge in [0.25, 0.3) is 10.1 Å². The maximum absolute atomic E-state index is 10.4. The van der Waals surface area contributed by atoms with Crippen LogP contribution in [0.5, 0.6) is 0 Å². The first-order chi connectivity index (χ1) is 14.6. The van der Waals surface area contributed by atoms with Gasteiger partial charge in [-0.1, -0.05) is 85.6 Å². The van der Waals surface area contributed by atoms with E-state index in [1.54, 1.807) is 0 Å². The van der Waals surface area contributed by atoms with Crippen molar-refractivity contribution < 1.29 is 22.5 Å². The molecule has 0 radical (unpaired) electrons. The highest BCUT2D eigenvalue weighted by Gasteiger charge is 2.32. The first-order valence-electron chi connectivity index (χ1n) is 12.1. The van der Waals surface area contributed by atoms with Crippen LogP contribution in [-0.4, -0.2) is 36.5 Å². The summed E-state index contributed by atoms with van der Waals surface area (Å²) in [5, 5.41) is 0.538. The Bertz CT molecular complexity index is 532. The molecule has 0 saturated carbocycles. The van der Waals surface area contributed by atoms with Crippen molar-refractivity contribution in [2.24, 2.45) is 5.92 Å². The highest BCUT2D eigenvalue weighted by Crippen LogP contribution is 2.43. The van der Waals surface area contributed by atoms with Gasteiger partial charge in [0.1, 0.15) is 0 Å². The molecule has 1 atom stereocenters. The number of ether oxygens (including phenoxy) is 1. The van der Waals surface area contributed by atoms with Crippen LogP contribution in [0.15, 0.2) is 12.7 Å². The van der Waals surface area contributed by atoms with Crippen LogP contribution in [0, 0.1) is 5.92 Å². The summed E-state index contributed by atoms with van der Waals surface area (Å²) >= 11 is 0. The summed E-state index contributed by atoms with van der Waals surface area (Å²) < 4.78 is 33.0. The lowest BCUT2D eigenvalue weighted by molar-refractivity contribution is -0.137. The Hall–Kier alpha value is -0.450. The van der Waals surface area contributed by atoms with Crippen molar-refractivity contribution in [2.45, 2.75) is 116 Å². The van der Waals surface area contributed by atoms with Crippen molar-refractivity contribution in [2.75, 3.05) is 12.4 Å². The molecule has 0 aromatic rings. The van der Waals surface area contributed by atoms with Gasteiger partial charge in [0.05, 0.1) is 12.4 Å². The Morgan fingerprint density at radius 3 is 1.77 bits per heavy atom. The zero-order chi connectivity index (χ0) is 24.2. The minimum absolute atomic E-state index is 0.0371. The third-order valence-corrected chi connectivity index (χ3v) is 7.43. The summed E-state index contributed by atoms with van der Waals surface area (Å²) in [6, 6.07) is 0. The predicted molar refractivity (Wildman–Crippen MR) is 136 cm³/mol. The average molecular weight is 481 g/mol. The fraction of sp³-hybridized carbons (Fsp3) is 0.875. The third kappa shape index (κ3) is 19.9. The SMILES string of the molecule is C=CC(=O)OCCCS(=O)(=O)O.CCCCC(CCCC)C(P)(CCCC)CCCC. The van der Waals surface area contributed by atoms with E-state index in [1.807, 2.05) is 0 Å². The van der Waals surface area contributed by atoms with E-state index >= 15 is 0 Å². The van der Waals surface area contributed by atoms with Gasteiger partial charge >= 0.3 is 5.97 Å². The maximum atomic E-state index is 10.4. The Morgan fingerprint density at radius 1 is 0.968 bits per heavy atom. The summed E-state index contributed by atoms with van der Waals surface area (Å²) in [6.45, 7) is 12.4. The van der Waals surface area contributed by atoms with E-state index in [4.69, 9.17) is 4.55 Å². The molecule has 0 aliphatic carbocycles. The van der Waals surface area contributed by atoms with Gasteiger partial charge in [-0.05, 0) is 43.2 Å². The van der Waals surface area contributed by atoms with Gasteiger partial charge in [-0.25, -0.2) is 4.79 Å². The van der Waals surface area contributed by atoms with Crippen molar-refractivity contribution >= 4 is 25.3 Å². The van der Waals surface area contributed by atoms with E-state index in [0.29, 0.717) is 5.16 Å². The molecule has 0 bridgehead atoms. The molecule has 5 nitrogen and oxygen atoms in total. The van der Waals surface area contributed by atoms with Crippen LogP contribution in [0.3, 0.4) is 0 Å². The molecule has 0 spiro atoms. The monoisotopic (exact) mass is 480 g/mol. The summed E-state index contributed by atoms with van der Waals surface area (Å²) in [5.74, 6) is -0.0712. The second-order valence-electron chi connectivity index (χ2n) is 8.43. The highest BCUT2D eigenvalue weighted by molar-refractivity contribution is 7.85. The van der Waals surface area contributed by atoms with Crippen LogP contribution >= 0.6 is 9.24 Å². The number of rotatable bonds is 18. The minimum atomic E-state index is -3.95. The van der Waals surface area contributed by atoms with Crippen LogP contribution in [0.25, 0.3) is 0 Å². The zero-order valence-corrected chi connectivity index (χ0v) is 22.5. The third-order valence-electron chi connectivity index (χ3n) is 5.57. The summed E-state index contributed by atoms with van der Waals surface area (Å²) in [5.41, 5.74) is 0. The van der Waals surface area contributed by atoms with Crippen molar-refractivity contribution in [1.29, 1.82) is 0 Å². The van der Waals surface area contributed by atoms with Gasteiger partial charge in [-0.3, -0.25) is 4.55 Å². The number of carbonyl (C=O) groups is 1. The smallest absolute Gasteiger partial charge is 0.330 e. The molecule has 0 aliphatic heterocycles. The Morgan fingerprint density at radius 2 is 1.42 bits per heavy atom. The normalized spacial score (nSPS) is 11.7. The molecule has 0 fully saturated rings. The molecule has 31 heavy (non-hydrogen) atoms. The van der Waals surface area contributed by atoms with E-state index in [1.165, 1.54) is 77.0 Å². The second kappa shape index (κ2) is 20.2. The van der Waals surface area contributed by atoms with Crippen molar-refractivity contribution in [3.05, 3.63) is 12.7 Å². The van der Waals surface area contributed by atoms with Crippen molar-refractivity contribution in [3.63, 3.8) is 0 Å². The lowest BCUT2D eigenvalue weighted by atomic mass is 9.77. The second-order valence-corrected chi connectivity index (χ2v) is 11.2. The Balaban J connectivity index is 0. The average Bonchev–Trinajstić information content (AvgIpc) is 2.73. The number of esters is 1. The molecule has 1 N–H and O–H groups in total. The fourth-order valence-corrected chi connectivity index (χ4v) is 4.86. The first-order valence-corrected chi connectivity index (χ1v) is 14.3. The number of hydrogen-bond donors (Lipinski definition) is 1. The number of carbonyl (C=O) groups excluding carboxylic acids is 1. The molecule has 0 saturated heterocycles. The van der Waals surface area contributed by atoms with Crippen LogP contribution in [-0.2, 0) is 19.6 Å². The molecule has 0 rings (SSSR count). The quantitative estimate of drug-likeness (QED) is 0.0753. The lowest BCUT2D eigenvalue weighted by Gasteiger charge is -2.38. The molecule has 0 heterocycles. The molecule has 0 aromatic heterocycles. The van der Waals surface area contributed by atoms with Crippen molar-refractivity contribution in [3.8, 4) is 0 Å². The molecule has 0 aliphatic rings. The van der Waals surface area contributed by atoms with Crippen molar-refractivity contribution in [1.82, 2.24) is 0 Å². The van der Waals surface area contributed by atoms with Gasteiger partial charge in [0.15, 0.2) is 0 Å². The molecule has 186 valence electrons. The zero-order valence-electron chi connectivity index (χ0n) is 20.5. The summed E-state index contributed by atoms with van der Waals surface area (Å²) in [4.78, 5) is 10.4.